The van der Waals surface area contributed by atoms with Gasteiger partial charge < -0.3 is 20.9 Å². The molecule has 1 aliphatic heterocycles. The summed E-state index contributed by atoms with van der Waals surface area (Å²) in [6, 6.07) is -0.352. The van der Waals surface area contributed by atoms with Crippen LogP contribution in [0.15, 0.2) is 0 Å². The van der Waals surface area contributed by atoms with E-state index in [9.17, 15) is 9.59 Å². The Morgan fingerprint density at radius 1 is 1.64 bits per heavy atom. The van der Waals surface area contributed by atoms with Crippen molar-refractivity contribution in [3.05, 3.63) is 0 Å². The molecule has 0 aromatic rings. The van der Waals surface area contributed by atoms with Gasteiger partial charge in [0.2, 0.25) is 0 Å². The van der Waals surface area contributed by atoms with E-state index in [0.717, 1.165) is 0 Å². The molecule has 1 rings (SSSR count). The van der Waals surface area contributed by atoms with Gasteiger partial charge in [-0.05, 0) is 6.92 Å². The predicted molar refractivity (Wildman–Crippen MR) is 51.8 cm³/mol. The average Bonchev–Trinajstić information content (AvgIpc) is 2.13. The molecule has 14 heavy (non-hydrogen) atoms. The third kappa shape index (κ3) is 2.27. The van der Waals surface area contributed by atoms with Crippen molar-refractivity contribution >= 4 is 12.1 Å². The van der Waals surface area contributed by atoms with Gasteiger partial charge in [0.15, 0.2) is 0 Å². The standard InChI is InChI=1S/C8H16N4O2/c1-5-4-6(11-7(13)9-2)12(3)8(14)10-5/h5-6H,4H2,1-3H3,(H,10,14)(H2,9,11,13)/t5-,6+/m1/s1. The number of carbonyl (C=O) groups is 2. The Kier molecular flexibility index (Phi) is 3.16. The van der Waals surface area contributed by atoms with Gasteiger partial charge in [0.05, 0.1) is 0 Å². The molecule has 0 bridgehead atoms. The number of rotatable bonds is 1. The van der Waals surface area contributed by atoms with E-state index >= 15 is 0 Å². The number of carbonyl (C=O) groups excluding carboxylic acids is 2. The van der Waals surface area contributed by atoms with Crippen LogP contribution in [0.5, 0.6) is 0 Å². The number of urea groups is 2. The first-order valence-corrected chi connectivity index (χ1v) is 4.56. The van der Waals surface area contributed by atoms with Crippen LogP contribution in [0, 0.1) is 0 Å². The van der Waals surface area contributed by atoms with Crippen LogP contribution < -0.4 is 16.0 Å². The normalized spacial score (nSPS) is 26.8. The molecule has 0 aromatic carbocycles. The van der Waals surface area contributed by atoms with Crippen molar-refractivity contribution in [1.29, 1.82) is 0 Å². The summed E-state index contributed by atoms with van der Waals surface area (Å²) in [5.74, 6) is 0. The van der Waals surface area contributed by atoms with Gasteiger partial charge in [-0.25, -0.2) is 9.59 Å². The van der Waals surface area contributed by atoms with Gasteiger partial charge in [-0.2, -0.15) is 0 Å². The van der Waals surface area contributed by atoms with Crippen molar-refractivity contribution in [2.45, 2.75) is 25.6 Å². The van der Waals surface area contributed by atoms with E-state index in [1.54, 1.807) is 14.1 Å². The lowest BCUT2D eigenvalue weighted by molar-refractivity contribution is 0.145. The Morgan fingerprint density at radius 3 is 2.86 bits per heavy atom. The highest BCUT2D eigenvalue weighted by molar-refractivity contribution is 5.78. The lowest BCUT2D eigenvalue weighted by Crippen LogP contribution is -2.60. The molecule has 0 radical (unpaired) electrons. The number of hydrogen-bond acceptors (Lipinski definition) is 2. The fourth-order valence-electron chi connectivity index (χ4n) is 1.39. The van der Waals surface area contributed by atoms with Crippen molar-refractivity contribution in [3.8, 4) is 0 Å². The molecule has 0 aromatic heterocycles. The molecule has 0 saturated carbocycles. The summed E-state index contributed by atoms with van der Waals surface area (Å²) in [5.41, 5.74) is 0. The van der Waals surface area contributed by atoms with Crippen molar-refractivity contribution in [1.82, 2.24) is 20.9 Å². The fraction of sp³-hybridized carbons (Fsp3) is 0.750. The second-order valence-corrected chi connectivity index (χ2v) is 3.44. The molecule has 4 amide bonds. The van der Waals surface area contributed by atoms with Gasteiger partial charge in [0.25, 0.3) is 0 Å². The first kappa shape index (κ1) is 10.6. The van der Waals surface area contributed by atoms with Gasteiger partial charge in [-0.15, -0.1) is 0 Å². The molecule has 3 N–H and O–H groups in total. The first-order valence-electron chi connectivity index (χ1n) is 4.56. The van der Waals surface area contributed by atoms with E-state index < -0.39 is 0 Å². The van der Waals surface area contributed by atoms with Crippen LogP contribution in [0.4, 0.5) is 9.59 Å². The molecule has 1 fully saturated rings. The van der Waals surface area contributed by atoms with Crippen molar-refractivity contribution in [3.63, 3.8) is 0 Å². The maximum absolute atomic E-state index is 11.3. The van der Waals surface area contributed by atoms with Crippen LogP contribution in [0.25, 0.3) is 0 Å². The average molecular weight is 200 g/mol. The Hall–Kier alpha value is -1.46. The topological polar surface area (TPSA) is 73.5 Å². The molecule has 1 saturated heterocycles. The van der Waals surface area contributed by atoms with Crippen LogP contribution in [-0.4, -0.2) is 43.3 Å². The molecule has 1 aliphatic rings. The highest BCUT2D eigenvalue weighted by Crippen LogP contribution is 2.09. The smallest absolute Gasteiger partial charge is 0.318 e. The van der Waals surface area contributed by atoms with E-state index in [0.29, 0.717) is 6.42 Å². The summed E-state index contributed by atoms with van der Waals surface area (Å²) in [4.78, 5) is 23.9. The van der Waals surface area contributed by atoms with Gasteiger partial charge >= 0.3 is 12.1 Å². The van der Waals surface area contributed by atoms with Crippen LogP contribution in [0.3, 0.4) is 0 Å². The van der Waals surface area contributed by atoms with E-state index in [2.05, 4.69) is 16.0 Å². The van der Waals surface area contributed by atoms with Gasteiger partial charge in [0.1, 0.15) is 6.17 Å². The van der Waals surface area contributed by atoms with Crippen LogP contribution in [0.1, 0.15) is 13.3 Å². The summed E-state index contributed by atoms with van der Waals surface area (Å²) in [7, 11) is 3.20. The number of hydrogen-bond donors (Lipinski definition) is 3. The second-order valence-electron chi connectivity index (χ2n) is 3.44. The van der Waals surface area contributed by atoms with Gasteiger partial charge in [-0.3, -0.25) is 0 Å². The quantitative estimate of drug-likeness (QED) is 0.542. The summed E-state index contributed by atoms with van der Waals surface area (Å²) in [5, 5.41) is 7.91. The molecule has 0 unspecified atom stereocenters. The first-order chi connectivity index (χ1) is 6.54. The molecule has 6 heteroatoms. The highest BCUT2D eigenvalue weighted by atomic mass is 16.2. The summed E-state index contributed by atoms with van der Waals surface area (Å²) >= 11 is 0. The van der Waals surface area contributed by atoms with E-state index in [1.807, 2.05) is 6.92 Å². The summed E-state index contributed by atoms with van der Waals surface area (Å²) < 4.78 is 0. The molecular formula is C8H16N4O2. The molecule has 80 valence electrons. The summed E-state index contributed by atoms with van der Waals surface area (Å²) in [6.07, 6.45) is 0.467. The zero-order valence-corrected chi connectivity index (χ0v) is 8.63. The van der Waals surface area contributed by atoms with Crippen molar-refractivity contribution in [2.75, 3.05) is 14.1 Å². The molecule has 6 nitrogen and oxygen atoms in total. The third-order valence-electron chi connectivity index (χ3n) is 2.26. The lowest BCUT2D eigenvalue weighted by Gasteiger charge is -2.36. The molecule has 2 atom stereocenters. The van der Waals surface area contributed by atoms with E-state index in [1.165, 1.54) is 4.90 Å². The Labute approximate surface area is 83.0 Å². The lowest BCUT2D eigenvalue weighted by atomic mass is 10.1. The van der Waals surface area contributed by atoms with Crippen LogP contribution in [0.2, 0.25) is 0 Å². The number of nitrogens with one attached hydrogen (secondary N) is 3. The second kappa shape index (κ2) is 4.17. The van der Waals surface area contributed by atoms with Crippen LogP contribution in [-0.2, 0) is 0 Å². The largest absolute Gasteiger partial charge is 0.341 e. The van der Waals surface area contributed by atoms with Crippen LogP contribution >= 0.6 is 0 Å². The van der Waals surface area contributed by atoms with Crippen molar-refractivity contribution in [2.24, 2.45) is 0 Å². The fourth-order valence-corrected chi connectivity index (χ4v) is 1.39. The summed E-state index contributed by atoms with van der Waals surface area (Å²) in [6.45, 7) is 1.91. The van der Waals surface area contributed by atoms with E-state index in [4.69, 9.17) is 0 Å². The highest BCUT2D eigenvalue weighted by Gasteiger charge is 2.29. The SMILES string of the molecule is CNC(=O)N[C@@H]1C[C@@H](C)NC(=O)N1C. The maximum atomic E-state index is 11.3. The molecule has 0 spiro atoms. The van der Waals surface area contributed by atoms with Gasteiger partial charge in [-0.1, -0.05) is 0 Å². The predicted octanol–water partition coefficient (Wildman–Crippen LogP) is -0.325. The Bertz CT molecular complexity index is 243. The molecule has 0 aliphatic carbocycles. The zero-order chi connectivity index (χ0) is 10.7. The van der Waals surface area contributed by atoms with Crippen molar-refractivity contribution < 1.29 is 9.59 Å². The monoisotopic (exact) mass is 200 g/mol. The molecule has 1 heterocycles. The van der Waals surface area contributed by atoms with Gasteiger partial charge in [0, 0.05) is 26.6 Å². The number of nitrogens with zero attached hydrogens (tertiary/aromatic N) is 1. The Morgan fingerprint density at radius 2 is 2.29 bits per heavy atom. The van der Waals surface area contributed by atoms with E-state index in [-0.39, 0.29) is 24.3 Å². The minimum Gasteiger partial charge on any atom is -0.341 e. The minimum absolute atomic E-state index is 0.0841. The third-order valence-corrected chi connectivity index (χ3v) is 2.26. The molecular weight excluding hydrogens is 184 g/mol. The Balaban J connectivity index is 2.57. The minimum atomic E-state index is -0.274. The zero-order valence-electron chi connectivity index (χ0n) is 8.63. The number of amides is 4. The maximum Gasteiger partial charge on any atom is 0.318 e.